The van der Waals surface area contributed by atoms with Gasteiger partial charge in [0.2, 0.25) is 0 Å². The summed E-state index contributed by atoms with van der Waals surface area (Å²) in [5, 5.41) is 3.17. The normalized spacial score (nSPS) is 12.0. The van der Waals surface area contributed by atoms with E-state index in [-0.39, 0.29) is 24.2 Å². The molecule has 0 aliphatic heterocycles. The molecule has 0 radical (unpaired) electrons. The monoisotopic (exact) mass is 289 g/mol. The van der Waals surface area contributed by atoms with Gasteiger partial charge >= 0.3 is 0 Å². The number of rotatable bonds is 6. The van der Waals surface area contributed by atoms with Crippen LogP contribution in [0.3, 0.4) is 0 Å². The molecule has 0 spiro atoms. The van der Waals surface area contributed by atoms with Crippen LogP contribution in [0.5, 0.6) is 11.5 Å². The molecule has 2 aromatic rings. The van der Waals surface area contributed by atoms with Crippen molar-refractivity contribution in [2.24, 2.45) is 0 Å². The Labute approximate surface area is 124 Å². The molecule has 0 bridgehead atoms. The second-order valence-electron chi connectivity index (χ2n) is 4.80. The highest BCUT2D eigenvalue weighted by atomic mass is 19.1. The van der Waals surface area contributed by atoms with Gasteiger partial charge in [0.15, 0.2) is 11.6 Å². The number of methoxy groups -OCH3 is 1. The summed E-state index contributed by atoms with van der Waals surface area (Å²) in [7, 11) is 3.36. The van der Waals surface area contributed by atoms with Crippen molar-refractivity contribution in [1.29, 1.82) is 0 Å². The standard InChI is InChI=1S/C17H20FNO2/c1-12(19-2)13-6-4-8-15(10-13)21-11-14-7-5-9-16(20-3)17(14)18/h4-10,12,19H,11H2,1-3H3. The fourth-order valence-corrected chi connectivity index (χ4v) is 2.03. The molecule has 3 nitrogen and oxygen atoms in total. The fraction of sp³-hybridized carbons (Fsp3) is 0.294. The summed E-state index contributed by atoms with van der Waals surface area (Å²) in [6, 6.07) is 13.1. The highest BCUT2D eigenvalue weighted by molar-refractivity contribution is 5.33. The van der Waals surface area contributed by atoms with Crippen LogP contribution >= 0.6 is 0 Å². The highest BCUT2D eigenvalue weighted by Gasteiger charge is 2.09. The largest absolute Gasteiger partial charge is 0.494 e. The van der Waals surface area contributed by atoms with E-state index in [4.69, 9.17) is 9.47 Å². The number of hydrogen-bond acceptors (Lipinski definition) is 3. The zero-order chi connectivity index (χ0) is 15.2. The van der Waals surface area contributed by atoms with Gasteiger partial charge in [-0.25, -0.2) is 4.39 Å². The van der Waals surface area contributed by atoms with Gasteiger partial charge in [-0.1, -0.05) is 24.3 Å². The second-order valence-corrected chi connectivity index (χ2v) is 4.80. The van der Waals surface area contributed by atoms with Crippen LogP contribution in [0.1, 0.15) is 24.1 Å². The van der Waals surface area contributed by atoms with Crippen molar-refractivity contribution in [3.05, 3.63) is 59.4 Å². The molecule has 0 aliphatic rings. The van der Waals surface area contributed by atoms with Crippen LogP contribution in [0.4, 0.5) is 4.39 Å². The third kappa shape index (κ3) is 3.73. The smallest absolute Gasteiger partial charge is 0.171 e. The molecule has 0 fully saturated rings. The number of nitrogens with one attached hydrogen (secondary N) is 1. The Morgan fingerprint density at radius 3 is 2.67 bits per heavy atom. The van der Waals surface area contributed by atoms with Crippen molar-refractivity contribution < 1.29 is 13.9 Å². The summed E-state index contributed by atoms with van der Waals surface area (Å²) < 4.78 is 24.7. The molecule has 0 saturated carbocycles. The van der Waals surface area contributed by atoms with Gasteiger partial charge in [-0.15, -0.1) is 0 Å². The number of halogens is 1. The average molecular weight is 289 g/mol. The first-order valence-corrected chi connectivity index (χ1v) is 6.87. The minimum atomic E-state index is -0.375. The van der Waals surface area contributed by atoms with Gasteiger partial charge in [-0.05, 0) is 37.7 Å². The van der Waals surface area contributed by atoms with Gasteiger partial charge < -0.3 is 14.8 Å². The van der Waals surface area contributed by atoms with E-state index < -0.39 is 0 Å². The first kappa shape index (κ1) is 15.3. The second kappa shape index (κ2) is 7.09. The summed E-state index contributed by atoms with van der Waals surface area (Å²) in [5.74, 6) is 0.574. The SMILES string of the molecule is CNC(C)c1cccc(OCc2cccc(OC)c2F)c1. The summed E-state index contributed by atoms with van der Waals surface area (Å²) >= 11 is 0. The third-order valence-corrected chi connectivity index (χ3v) is 3.45. The van der Waals surface area contributed by atoms with Crippen LogP contribution < -0.4 is 14.8 Å². The Morgan fingerprint density at radius 1 is 1.19 bits per heavy atom. The number of benzene rings is 2. The molecule has 0 amide bonds. The zero-order valence-electron chi connectivity index (χ0n) is 12.5. The van der Waals surface area contributed by atoms with E-state index in [1.165, 1.54) is 7.11 Å². The Balaban J connectivity index is 2.10. The van der Waals surface area contributed by atoms with Crippen molar-refractivity contribution in [3.8, 4) is 11.5 Å². The molecule has 1 unspecified atom stereocenters. The molecule has 1 atom stereocenters. The predicted molar refractivity (Wildman–Crippen MR) is 81.2 cm³/mol. The molecule has 21 heavy (non-hydrogen) atoms. The van der Waals surface area contributed by atoms with Gasteiger partial charge in [0.05, 0.1) is 7.11 Å². The van der Waals surface area contributed by atoms with Crippen LogP contribution in [0.15, 0.2) is 42.5 Å². The van der Waals surface area contributed by atoms with Gasteiger partial charge in [0, 0.05) is 11.6 Å². The molecule has 0 aliphatic carbocycles. The lowest BCUT2D eigenvalue weighted by atomic mass is 10.1. The van der Waals surface area contributed by atoms with Crippen LogP contribution in [0.25, 0.3) is 0 Å². The average Bonchev–Trinajstić information content (AvgIpc) is 2.53. The van der Waals surface area contributed by atoms with E-state index in [0.29, 0.717) is 5.56 Å². The van der Waals surface area contributed by atoms with Gasteiger partial charge in [-0.3, -0.25) is 0 Å². The lowest BCUT2D eigenvalue weighted by Crippen LogP contribution is -2.12. The van der Waals surface area contributed by atoms with E-state index in [1.54, 1.807) is 18.2 Å². The van der Waals surface area contributed by atoms with Crippen LogP contribution in [0, 0.1) is 5.82 Å². The zero-order valence-corrected chi connectivity index (χ0v) is 12.5. The van der Waals surface area contributed by atoms with E-state index in [1.807, 2.05) is 31.3 Å². The summed E-state index contributed by atoms with van der Waals surface area (Å²) in [6.07, 6.45) is 0. The summed E-state index contributed by atoms with van der Waals surface area (Å²) in [6.45, 7) is 2.24. The molecular formula is C17H20FNO2. The fourth-order valence-electron chi connectivity index (χ4n) is 2.03. The van der Waals surface area contributed by atoms with E-state index in [2.05, 4.69) is 12.2 Å². The molecule has 0 heterocycles. The molecule has 112 valence electrons. The molecular weight excluding hydrogens is 269 g/mol. The number of ether oxygens (including phenoxy) is 2. The first-order chi connectivity index (χ1) is 10.2. The van der Waals surface area contributed by atoms with E-state index >= 15 is 0 Å². The predicted octanol–water partition coefficient (Wildman–Crippen LogP) is 3.69. The van der Waals surface area contributed by atoms with Gasteiger partial charge in [-0.2, -0.15) is 0 Å². The van der Waals surface area contributed by atoms with Crippen LogP contribution in [-0.4, -0.2) is 14.2 Å². The lowest BCUT2D eigenvalue weighted by molar-refractivity contribution is 0.295. The Morgan fingerprint density at radius 2 is 1.95 bits per heavy atom. The maximum absolute atomic E-state index is 14.0. The molecule has 0 aromatic heterocycles. The number of hydrogen-bond donors (Lipinski definition) is 1. The molecule has 0 saturated heterocycles. The Bertz CT molecular complexity index is 601. The molecule has 1 N–H and O–H groups in total. The summed E-state index contributed by atoms with van der Waals surface area (Å²) in [5.41, 5.74) is 1.60. The van der Waals surface area contributed by atoms with E-state index in [0.717, 1.165) is 11.3 Å². The van der Waals surface area contributed by atoms with Crippen molar-refractivity contribution in [1.82, 2.24) is 5.32 Å². The van der Waals surface area contributed by atoms with Gasteiger partial charge in [0.1, 0.15) is 12.4 Å². The van der Waals surface area contributed by atoms with Crippen molar-refractivity contribution >= 4 is 0 Å². The quantitative estimate of drug-likeness (QED) is 0.879. The van der Waals surface area contributed by atoms with Gasteiger partial charge in [0.25, 0.3) is 0 Å². The maximum atomic E-state index is 14.0. The van der Waals surface area contributed by atoms with Crippen LogP contribution in [-0.2, 0) is 6.61 Å². The van der Waals surface area contributed by atoms with E-state index in [9.17, 15) is 4.39 Å². The lowest BCUT2D eigenvalue weighted by Gasteiger charge is -2.13. The minimum Gasteiger partial charge on any atom is -0.494 e. The van der Waals surface area contributed by atoms with Crippen molar-refractivity contribution in [2.75, 3.05) is 14.2 Å². The van der Waals surface area contributed by atoms with Crippen molar-refractivity contribution in [2.45, 2.75) is 19.6 Å². The third-order valence-electron chi connectivity index (χ3n) is 3.45. The highest BCUT2D eigenvalue weighted by Crippen LogP contribution is 2.23. The molecule has 2 aromatic carbocycles. The topological polar surface area (TPSA) is 30.5 Å². The maximum Gasteiger partial charge on any atom is 0.171 e. The Kier molecular flexibility index (Phi) is 5.17. The molecule has 2 rings (SSSR count). The molecule has 4 heteroatoms. The summed E-state index contributed by atoms with van der Waals surface area (Å²) in [4.78, 5) is 0. The van der Waals surface area contributed by atoms with Crippen molar-refractivity contribution in [3.63, 3.8) is 0 Å². The first-order valence-electron chi connectivity index (χ1n) is 6.87. The minimum absolute atomic E-state index is 0.167. The van der Waals surface area contributed by atoms with Crippen LogP contribution in [0.2, 0.25) is 0 Å². The Hall–Kier alpha value is -2.07.